The lowest BCUT2D eigenvalue weighted by Crippen LogP contribution is -2.45. The van der Waals surface area contributed by atoms with Crippen LogP contribution in [0.3, 0.4) is 0 Å². The molecule has 0 aliphatic rings. The molecule has 0 saturated carbocycles. The number of nitrogens with one attached hydrogen (secondary N) is 1. The van der Waals surface area contributed by atoms with Gasteiger partial charge >= 0.3 is 5.97 Å². The summed E-state index contributed by atoms with van der Waals surface area (Å²) in [6, 6.07) is -0.535. The van der Waals surface area contributed by atoms with Gasteiger partial charge in [-0.25, -0.2) is 0 Å². The average molecular weight is 991 g/mol. The Hall–Kier alpha value is -1.14. The van der Waals surface area contributed by atoms with Gasteiger partial charge in [0.25, 0.3) is 0 Å². The zero-order valence-electron chi connectivity index (χ0n) is 47.8. The second-order valence-electron chi connectivity index (χ2n) is 22.5. The molecule has 0 aromatic carbocycles. The van der Waals surface area contributed by atoms with E-state index in [0.29, 0.717) is 25.9 Å². The van der Waals surface area contributed by atoms with Crippen molar-refractivity contribution in [1.82, 2.24) is 5.32 Å². The molecule has 0 heterocycles. The van der Waals surface area contributed by atoms with Gasteiger partial charge in [0, 0.05) is 12.8 Å². The normalized spacial score (nSPS) is 12.5. The first-order valence-corrected chi connectivity index (χ1v) is 32.3. The average Bonchev–Trinajstić information content (AvgIpc) is 3.36. The highest BCUT2D eigenvalue weighted by atomic mass is 16.5. The molecule has 418 valence electrons. The van der Waals surface area contributed by atoms with Gasteiger partial charge in [0.2, 0.25) is 5.91 Å². The summed E-state index contributed by atoms with van der Waals surface area (Å²) in [4.78, 5) is 24.5. The maximum atomic E-state index is 12.4. The molecule has 0 radical (unpaired) electrons. The van der Waals surface area contributed by atoms with E-state index in [2.05, 4.69) is 19.2 Å². The van der Waals surface area contributed by atoms with E-state index in [1.165, 1.54) is 302 Å². The number of rotatable bonds is 61. The van der Waals surface area contributed by atoms with Crippen LogP contribution >= 0.6 is 0 Å². The van der Waals surface area contributed by atoms with Gasteiger partial charge in [0.05, 0.1) is 25.4 Å². The fourth-order valence-electron chi connectivity index (χ4n) is 10.5. The van der Waals surface area contributed by atoms with Crippen molar-refractivity contribution in [2.45, 2.75) is 386 Å². The Morgan fingerprint density at radius 2 is 0.586 bits per heavy atom. The predicted molar refractivity (Wildman–Crippen MR) is 306 cm³/mol. The Morgan fingerprint density at radius 1 is 0.343 bits per heavy atom. The highest BCUT2D eigenvalue weighted by Crippen LogP contribution is 2.19. The first kappa shape index (κ1) is 68.9. The number of aliphatic hydroxyl groups is 2. The van der Waals surface area contributed by atoms with Crippen LogP contribution in [0.4, 0.5) is 0 Å². The van der Waals surface area contributed by atoms with Crippen molar-refractivity contribution >= 4 is 11.9 Å². The Balaban J connectivity index is 3.28. The van der Waals surface area contributed by atoms with E-state index < -0.39 is 12.1 Å². The number of carbonyl (C=O) groups is 2. The maximum absolute atomic E-state index is 12.4. The number of hydrogen-bond donors (Lipinski definition) is 3. The van der Waals surface area contributed by atoms with Gasteiger partial charge in [-0.15, -0.1) is 0 Å². The number of esters is 1. The minimum atomic E-state index is -0.658. The van der Waals surface area contributed by atoms with Crippen molar-refractivity contribution in [3.8, 4) is 0 Å². The predicted octanol–water partition coefficient (Wildman–Crippen LogP) is 20.3. The van der Waals surface area contributed by atoms with Crippen LogP contribution in [0.15, 0.2) is 0 Å². The first-order chi connectivity index (χ1) is 34.5. The highest BCUT2D eigenvalue weighted by molar-refractivity contribution is 5.76. The Bertz CT molecular complexity index is 1010. The van der Waals surface area contributed by atoms with Crippen LogP contribution in [-0.2, 0) is 14.3 Å². The van der Waals surface area contributed by atoms with Gasteiger partial charge in [-0.05, 0) is 25.7 Å². The van der Waals surface area contributed by atoms with E-state index in [-0.39, 0.29) is 18.5 Å². The van der Waals surface area contributed by atoms with Gasteiger partial charge in [-0.3, -0.25) is 9.59 Å². The molecule has 0 bridgehead atoms. The molecule has 6 heteroatoms. The number of amides is 1. The number of aliphatic hydroxyl groups excluding tert-OH is 2. The van der Waals surface area contributed by atoms with Crippen molar-refractivity contribution < 1.29 is 24.5 Å². The number of unbranched alkanes of at least 4 members (excludes halogenated alkanes) is 50. The van der Waals surface area contributed by atoms with Gasteiger partial charge in [-0.2, -0.15) is 0 Å². The van der Waals surface area contributed by atoms with Crippen LogP contribution in [-0.4, -0.2) is 47.4 Å². The third-order valence-electron chi connectivity index (χ3n) is 15.4. The molecule has 0 saturated heterocycles. The van der Waals surface area contributed by atoms with E-state index in [0.717, 1.165) is 38.5 Å². The van der Waals surface area contributed by atoms with Gasteiger partial charge in [-0.1, -0.05) is 335 Å². The van der Waals surface area contributed by atoms with Gasteiger partial charge < -0.3 is 20.3 Å². The summed E-state index contributed by atoms with van der Waals surface area (Å²) in [5.41, 5.74) is 0. The van der Waals surface area contributed by atoms with Gasteiger partial charge in [0.15, 0.2) is 0 Å². The number of carbonyl (C=O) groups excluding carboxylic acids is 2. The second-order valence-corrected chi connectivity index (χ2v) is 22.5. The quantitative estimate of drug-likeness (QED) is 0.0417. The molecular formula is C64H127NO5. The Labute approximate surface area is 438 Å². The molecule has 1 amide bonds. The number of hydrogen-bond acceptors (Lipinski definition) is 5. The second kappa shape index (κ2) is 60.4. The smallest absolute Gasteiger partial charge is 0.305 e. The lowest BCUT2D eigenvalue weighted by Gasteiger charge is -2.22. The summed E-state index contributed by atoms with van der Waals surface area (Å²) in [5.74, 6) is -0.00827. The van der Waals surface area contributed by atoms with Crippen LogP contribution in [0.1, 0.15) is 373 Å². The van der Waals surface area contributed by atoms with Crippen molar-refractivity contribution in [3.63, 3.8) is 0 Å². The third kappa shape index (κ3) is 56.2. The summed E-state index contributed by atoms with van der Waals surface area (Å²) in [7, 11) is 0. The molecule has 0 fully saturated rings. The molecule has 6 nitrogen and oxygen atoms in total. The minimum Gasteiger partial charge on any atom is -0.466 e. The first-order valence-electron chi connectivity index (χ1n) is 32.3. The molecule has 3 N–H and O–H groups in total. The van der Waals surface area contributed by atoms with Crippen molar-refractivity contribution in [2.75, 3.05) is 13.2 Å². The standard InChI is InChI=1S/C64H127NO5/c1-3-5-7-9-11-13-14-15-35-38-42-46-50-54-58-64(69)70-59-55-51-47-43-39-36-33-31-29-27-25-23-21-19-17-16-18-20-22-24-26-28-30-32-34-37-41-45-49-53-57-63(68)65-61(60-66)62(67)56-52-48-44-40-12-10-8-6-4-2/h61-62,66-67H,3-60H2,1-2H3,(H,65,68). The summed E-state index contributed by atoms with van der Waals surface area (Å²) in [6.07, 6.45) is 71.5. The van der Waals surface area contributed by atoms with Crippen LogP contribution < -0.4 is 5.32 Å². The third-order valence-corrected chi connectivity index (χ3v) is 15.4. The molecule has 0 aromatic heterocycles. The summed E-state index contributed by atoms with van der Waals surface area (Å²) < 4.78 is 5.49. The van der Waals surface area contributed by atoms with Crippen LogP contribution in [0, 0.1) is 0 Å². The van der Waals surface area contributed by atoms with Crippen LogP contribution in [0.25, 0.3) is 0 Å². The molecule has 70 heavy (non-hydrogen) atoms. The summed E-state index contributed by atoms with van der Waals surface area (Å²) in [6.45, 7) is 4.97. The molecule has 0 aliphatic carbocycles. The fourth-order valence-corrected chi connectivity index (χ4v) is 10.5. The topological polar surface area (TPSA) is 95.9 Å². The molecule has 0 spiro atoms. The van der Waals surface area contributed by atoms with E-state index in [1.54, 1.807) is 0 Å². The maximum Gasteiger partial charge on any atom is 0.305 e. The van der Waals surface area contributed by atoms with Crippen LogP contribution in [0.5, 0.6) is 0 Å². The number of ether oxygens (including phenoxy) is 1. The summed E-state index contributed by atoms with van der Waals surface area (Å²) in [5, 5.41) is 23.1. The molecule has 0 aliphatic heterocycles. The molecule has 0 rings (SSSR count). The molecule has 2 unspecified atom stereocenters. The van der Waals surface area contributed by atoms with Gasteiger partial charge in [0.1, 0.15) is 0 Å². The highest BCUT2D eigenvalue weighted by Gasteiger charge is 2.20. The van der Waals surface area contributed by atoms with Crippen molar-refractivity contribution in [1.29, 1.82) is 0 Å². The van der Waals surface area contributed by atoms with E-state index in [1.807, 2.05) is 0 Å². The Kier molecular flexibility index (Phi) is 59.4. The lowest BCUT2D eigenvalue weighted by molar-refractivity contribution is -0.143. The monoisotopic (exact) mass is 990 g/mol. The zero-order chi connectivity index (χ0) is 50.7. The van der Waals surface area contributed by atoms with E-state index in [9.17, 15) is 19.8 Å². The molecular weight excluding hydrogens is 863 g/mol. The van der Waals surface area contributed by atoms with Crippen LogP contribution in [0.2, 0.25) is 0 Å². The SMILES string of the molecule is CCCCCCCCCCCCCCCCC(=O)OCCCCCCCCCCCCCCCCCCCCCCCCCCCCCCCCC(=O)NC(CO)C(O)CCCCCCCCCCC. The molecule has 2 atom stereocenters. The Morgan fingerprint density at radius 3 is 0.871 bits per heavy atom. The largest absolute Gasteiger partial charge is 0.466 e. The fraction of sp³-hybridized carbons (Fsp3) is 0.969. The minimum absolute atomic E-state index is 0.0231. The van der Waals surface area contributed by atoms with E-state index >= 15 is 0 Å². The van der Waals surface area contributed by atoms with Crippen molar-refractivity contribution in [2.24, 2.45) is 0 Å². The molecule has 0 aromatic rings. The van der Waals surface area contributed by atoms with E-state index in [4.69, 9.17) is 4.74 Å². The van der Waals surface area contributed by atoms with Crippen molar-refractivity contribution in [3.05, 3.63) is 0 Å². The lowest BCUT2D eigenvalue weighted by atomic mass is 10.0. The zero-order valence-corrected chi connectivity index (χ0v) is 47.8. The summed E-state index contributed by atoms with van der Waals surface area (Å²) >= 11 is 0.